The molecule has 0 aliphatic carbocycles. The Kier molecular flexibility index (Phi) is 4.23. The zero-order valence-corrected chi connectivity index (χ0v) is 10.0. The lowest BCUT2D eigenvalue weighted by atomic mass is 10.0. The van der Waals surface area contributed by atoms with Gasteiger partial charge in [0, 0.05) is 12.5 Å². The number of para-hydroxylation sites is 1. The first-order valence-corrected chi connectivity index (χ1v) is 6.31. The van der Waals surface area contributed by atoms with E-state index < -0.39 is 0 Å². The molecule has 1 fully saturated rings. The Labute approximate surface area is 98.0 Å². The third kappa shape index (κ3) is 2.99. The van der Waals surface area contributed by atoms with E-state index in [-0.39, 0.29) is 0 Å². The number of rotatable bonds is 4. The molecular weight excluding hydrogens is 198 g/mol. The van der Waals surface area contributed by atoms with Crippen molar-refractivity contribution in [3.63, 3.8) is 0 Å². The van der Waals surface area contributed by atoms with E-state index in [1.54, 1.807) is 0 Å². The van der Waals surface area contributed by atoms with Crippen LogP contribution in [-0.4, -0.2) is 19.7 Å². The minimum absolute atomic E-state index is 0.679. The lowest BCUT2D eigenvalue weighted by Gasteiger charge is -2.23. The van der Waals surface area contributed by atoms with Gasteiger partial charge >= 0.3 is 0 Å². The van der Waals surface area contributed by atoms with Crippen molar-refractivity contribution in [3.05, 3.63) is 29.8 Å². The van der Waals surface area contributed by atoms with Crippen LogP contribution in [0.3, 0.4) is 0 Å². The van der Waals surface area contributed by atoms with Crippen molar-refractivity contribution < 1.29 is 4.74 Å². The van der Waals surface area contributed by atoms with E-state index in [2.05, 4.69) is 30.4 Å². The molecule has 0 unspecified atom stereocenters. The maximum atomic E-state index is 5.93. The summed E-state index contributed by atoms with van der Waals surface area (Å²) < 4.78 is 5.93. The highest BCUT2D eigenvalue weighted by Gasteiger charge is 2.13. The molecular formula is C14H21NO. The van der Waals surface area contributed by atoms with Crippen molar-refractivity contribution in [3.8, 4) is 5.75 Å². The van der Waals surface area contributed by atoms with Gasteiger partial charge in [0.25, 0.3) is 0 Å². The van der Waals surface area contributed by atoms with Gasteiger partial charge in [-0.2, -0.15) is 0 Å². The molecule has 1 saturated heterocycles. The van der Waals surface area contributed by atoms with Gasteiger partial charge in [-0.15, -0.1) is 0 Å². The molecule has 0 bridgehead atoms. The van der Waals surface area contributed by atoms with E-state index in [4.69, 9.17) is 4.74 Å². The van der Waals surface area contributed by atoms with Gasteiger partial charge in [-0.05, 0) is 37.4 Å². The van der Waals surface area contributed by atoms with Gasteiger partial charge in [-0.3, -0.25) is 0 Å². The average Bonchev–Trinajstić information content (AvgIpc) is 2.38. The highest BCUT2D eigenvalue weighted by Crippen LogP contribution is 2.20. The standard InChI is InChI=1S/C14H21NO/c1-2-13-7-3-4-8-14(13)16-11-12-6-5-9-15-10-12/h3-4,7-8,12,15H,2,5-6,9-11H2,1H3/t12-/m1/s1. The highest BCUT2D eigenvalue weighted by molar-refractivity contribution is 5.33. The number of aryl methyl sites for hydroxylation is 1. The molecule has 2 rings (SSSR count). The molecule has 1 N–H and O–H groups in total. The second-order valence-corrected chi connectivity index (χ2v) is 4.48. The molecule has 2 heteroatoms. The van der Waals surface area contributed by atoms with Gasteiger partial charge in [0.15, 0.2) is 0 Å². The fourth-order valence-corrected chi connectivity index (χ4v) is 2.21. The Bertz CT molecular complexity index is 318. The normalized spacial score (nSPS) is 20.7. The number of ether oxygens (including phenoxy) is 1. The number of nitrogens with one attached hydrogen (secondary N) is 1. The molecule has 0 radical (unpaired) electrons. The SMILES string of the molecule is CCc1ccccc1OC[C@@H]1CCCNC1. The summed E-state index contributed by atoms with van der Waals surface area (Å²) in [6, 6.07) is 8.35. The maximum Gasteiger partial charge on any atom is 0.122 e. The lowest BCUT2D eigenvalue weighted by Crippen LogP contribution is -2.33. The molecule has 0 aromatic heterocycles. The summed E-state index contributed by atoms with van der Waals surface area (Å²) in [5, 5.41) is 3.42. The Morgan fingerprint density at radius 1 is 1.38 bits per heavy atom. The smallest absolute Gasteiger partial charge is 0.122 e. The third-order valence-corrected chi connectivity index (χ3v) is 3.23. The van der Waals surface area contributed by atoms with Gasteiger partial charge in [0.1, 0.15) is 5.75 Å². The summed E-state index contributed by atoms with van der Waals surface area (Å²) in [5.41, 5.74) is 1.31. The van der Waals surface area contributed by atoms with Crippen LogP contribution in [-0.2, 0) is 6.42 Å². The van der Waals surface area contributed by atoms with Crippen molar-refractivity contribution in [1.82, 2.24) is 5.32 Å². The molecule has 0 saturated carbocycles. The first-order chi connectivity index (χ1) is 7.90. The van der Waals surface area contributed by atoms with Crippen molar-refractivity contribution in [1.29, 1.82) is 0 Å². The van der Waals surface area contributed by atoms with Crippen LogP contribution in [0.15, 0.2) is 24.3 Å². The summed E-state index contributed by atoms with van der Waals surface area (Å²) in [4.78, 5) is 0. The second kappa shape index (κ2) is 5.90. The van der Waals surface area contributed by atoms with Crippen LogP contribution >= 0.6 is 0 Å². The predicted octanol–water partition coefficient (Wildman–Crippen LogP) is 2.63. The van der Waals surface area contributed by atoms with Gasteiger partial charge in [-0.25, -0.2) is 0 Å². The quantitative estimate of drug-likeness (QED) is 0.840. The molecule has 1 aliphatic heterocycles. The topological polar surface area (TPSA) is 21.3 Å². The molecule has 2 nitrogen and oxygen atoms in total. The summed E-state index contributed by atoms with van der Waals surface area (Å²) in [5.74, 6) is 1.74. The van der Waals surface area contributed by atoms with Crippen molar-refractivity contribution in [2.24, 2.45) is 5.92 Å². The molecule has 1 aromatic rings. The van der Waals surface area contributed by atoms with Crippen molar-refractivity contribution >= 4 is 0 Å². The minimum Gasteiger partial charge on any atom is -0.493 e. The Morgan fingerprint density at radius 3 is 3.00 bits per heavy atom. The van der Waals surface area contributed by atoms with Crippen LogP contribution in [0, 0.1) is 5.92 Å². The molecule has 1 atom stereocenters. The molecule has 1 aliphatic rings. The fraction of sp³-hybridized carbons (Fsp3) is 0.571. The van der Waals surface area contributed by atoms with Crippen molar-refractivity contribution in [2.75, 3.05) is 19.7 Å². The van der Waals surface area contributed by atoms with E-state index in [1.165, 1.54) is 24.9 Å². The Morgan fingerprint density at radius 2 is 2.25 bits per heavy atom. The second-order valence-electron chi connectivity index (χ2n) is 4.48. The van der Waals surface area contributed by atoms with Crippen molar-refractivity contribution in [2.45, 2.75) is 26.2 Å². The third-order valence-electron chi connectivity index (χ3n) is 3.23. The monoisotopic (exact) mass is 219 g/mol. The van der Waals surface area contributed by atoms with E-state index in [9.17, 15) is 0 Å². The first-order valence-electron chi connectivity index (χ1n) is 6.31. The summed E-state index contributed by atoms with van der Waals surface area (Å²) in [7, 11) is 0. The Balaban J connectivity index is 1.88. The molecule has 88 valence electrons. The van der Waals surface area contributed by atoms with Gasteiger partial charge in [0.05, 0.1) is 6.61 Å². The zero-order chi connectivity index (χ0) is 11.2. The van der Waals surface area contributed by atoms with E-state index >= 15 is 0 Å². The maximum absolute atomic E-state index is 5.93. The van der Waals surface area contributed by atoms with Crippen LogP contribution in [0.2, 0.25) is 0 Å². The Hall–Kier alpha value is -1.02. The van der Waals surface area contributed by atoms with Crippen LogP contribution in [0.25, 0.3) is 0 Å². The number of benzene rings is 1. The van der Waals surface area contributed by atoms with Gasteiger partial charge in [0.2, 0.25) is 0 Å². The van der Waals surface area contributed by atoms with Crippen LogP contribution < -0.4 is 10.1 Å². The average molecular weight is 219 g/mol. The molecule has 0 amide bonds. The summed E-state index contributed by atoms with van der Waals surface area (Å²) in [6.07, 6.45) is 3.61. The van der Waals surface area contributed by atoms with E-state index in [0.717, 1.165) is 25.3 Å². The molecule has 1 heterocycles. The van der Waals surface area contributed by atoms with Gasteiger partial charge < -0.3 is 10.1 Å². The lowest BCUT2D eigenvalue weighted by molar-refractivity contribution is 0.217. The van der Waals surface area contributed by atoms with Crippen LogP contribution in [0.1, 0.15) is 25.3 Å². The summed E-state index contributed by atoms with van der Waals surface area (Å²) >= 11 is 0. The zero-order valence-electron chi connectivity index (χ0n) is 10.0. The largest absolute Gasteiger partial charge is 0.493 e. The molecule has 16 heavy (non-hydrogen) atoms. The summed E-state index contributed by atoms with van der Waals surface area (Å²) in [6.45, 7) is 5.30. The molecule has 0 spiro atoms. The van der Waals surface area contributed by atoms with Crippen LogP contribution in [0.4, 0.5) is 0 Å². The first kappa shape index (κ1) is 11.5. The van der Waals surface area contributed by atoms with E-state index in [1.807, 2.05) is 6.07 Å². The highest BCUT2D eigenvalue weighted by atomic mass is 16.5. The fourth-order valence-electron chi connectivity index (χ4n) is 2.21. The van der Waals surface area contributed by atoms with Crippen LogP contribution in [0.5, 0.6) is 5.75 Å². The van der Waals surface area contributed by atoms with Gasteiger partial charge in [-0.1, -0.05) is 25.1 Å². The number of hydrogen-bond acceptors (Lipinski definition) is 2. The van der Waals surface area contributed by atoms with E-state index in [0.29, 0.717) is 5.92 Å². The molecule has 1 aromatic carbocycles. The minimum atomic E-state index is 0.679. The number of hydrogen-bond donors (Lipinski definition) is 1. The predicted molar refractivity (Wildman–Crippen MR) is 66.9 cm³/mol. The number of piperidine rings is 1.